The quantitative estimate of drug-likeness (QED) is 0.183. The first-order chi connectivity index (χ1) is 24.2. The van der Waals surface area contributed by atoms with Gasteiger partial charge in [-0.05, 0) is 136 Å². The Bertz CT molecular complexity index is 2230. The smallest absolute Gasteiger partial charge is 0.418 e. The average Bonchev–Trinajstić information content (AvgIpc) is 3.06. The van der Waals surface area contributed by atoms with Crippen molar-refractivity contribution in [2.24, 2.45) is 0 Å². The Morgan fingerprint density at radius 1 is 0.588 bits per heavy atom. The normalized spacial score (nSPS) is 12.3. The Hall–Kier alpha value is -5.69. The van der Waals surface area contributed by atoms with Crippen LogP contribution in [0.3, 0.4) is 0 Å². The van der Waals surface area contributed by atoms with Crippen LogP contribution in [0.4, 0.5) is 53.0 Å². The lowest BCUT2D eigenvalue weighted by Crippen LogP contribution is -2.21. The molecule has 0 saturated carbocycles. The fourth-order valence-corrected chi connectivity index (χ4v) is 7.78. The van der Waals surface area contributed by atoms with Crippen LogP contribution in [0.5, 0.6) is 11.5 Å². The molecule has 7 heteroatoms. The number of benzene rings is 6. The number of alkyl halides is 3. The Morgan fingerprint density at radius 3 is 1.65 bits per heavy atom. The molecule has 0 aliphatic carbocycles. The van der Waals surface area contributed by atoms with Gasteiger partial charge in [-0.1, -0.05) is 54.1 Å². The van der Waals surface area contributed by atoms with Crippen molar-refractivity contribution in [2.75, 3.05) is 15.5 Å². The van der Waals surface area contributed by atoms with Crippen LogP contribution < -0.4 is 20.3 Å². The van der Waals surface area contributed by atoms with Crippen molar-refractivity contribution in [3.8, 4) is 22.6 Å². The number of para-hydroxylation sites is 2. The van der Waals surface area contributed by atoms with E-state index in [9.17, 15) is 13.2 Å². The highest BCUT2D eigenvalue weighted by Crippen LogP contribution is 2.57. The molecule has 7 rings (SSSR count). The van der Waals surface area contributed by atoms with Crippen LogP contribution >= 0.6 is 0 Å². The molecule has 0 spiro atoms. The lowest BCUT2D eigenvalue weighted by Gasteiger charge is -2.37. The Kier molecular flexibility index (Phi) is 8.33. The highest BCUT2D eigenvalue weighted by atomic mass is 19.4. The summed E-state index contributed by atoms with van der Waals surface area (Å²) in [6.07, 6.45) is -4.63. The zero-order chi connectivity index (χ0) is 36.4. The summed E-state index contributed by atoms with van der Waals surface area (Å²) in [5, 5.41) is 0. The first-order valence-corrected chi connectivity index (χ1v) is 17.0. The van der Waals surface area contributed by atoms with E-state index in [1.54, 1.807) is 0 Å². The largest absolute Gasteiger partial charge is 0.453 e. The van der Waals surface area contributed by atoms with Gasteiger partial charge in [-0.3, -0.25) is 0 Å². The Labute approximate surface area is 297 Å². The highest BCUT2D eigenvalue weighted by molar-refractivity contribution is 5.94. The average molecular weight is 684 g/mol. The van der Waals surface area contributed by atoms with Crippen molar-refractivity contribution in [1.29, 1.82) is 0 Å². The molecule has 0 atom stereocenters. The van der Waals surface area contributed by atoms with E-state index in [4.69, 9.17) is 10.5 Å². The van der Waals surface area contributed by atoms with Gasteiger partial charge in [-0.25, -0.2) is 0 Å². The molecule has 4 nitrogen and oxygen atoms in total. The van der Waals surface area contributed by atoms with Crippen molar-refractivity contribution in [3.63, 3.8) is 0 Å². The zero-order valence-corrected chi connectivity index (χ0v) is 29.8. The van der Waals surface area contributed by atoms with Gasteiger partial charge in [0, 0.05) is 34.4 Å². The fraction of sp³-hybridized carbons (Fsp3) is 0.182. The van der Waals surface area contributed by atoms with Gasteiger partial charge in [-0.15, -0.1) is 0 Å². The monoisotopic (exact) mass is 683 g/mol. The number of aryl methyl sites for hydroxylation is 6. The number of halogens is 3. The predicted octanol–water partition coefficient (Wildman–Crippen LogP) is 13.2. The summed E-state index contributed by atoms with van der Waals surface area (Å²) >= 11 is 0. The van der Waals surface area contributed by atoms with Gasteiger partial charge in [0.05, 0.1) is 22.6 Å². The number of hydrogen-bond donors (Lipinski definition) is 1. The van der Waals surface area contributed by atoms with Crippen molar-refractivity contribution in [2.45, 2.75) is 54.6 Å². The van der Waals surface area contributed by atoms with Gasteiger partial charge in [0.2, 0.25) is 0 Å². The molecular weight excluding hydrogens is 643 g/mol. The minimum Gasteiger partial charge on any atom is -0.453 e. The van der Waals surface area contributed by atoms with Gasteiger partial charge < -0.3 is 20.3 Å². The summed E-state index contributed by atoms with van der Waals surface area (Å²) in [7, 11) is 0. The standard InChI is InChI=1S/C44H40F3N3O/c1-25-18-29(5)42(30(6)19-25)50-37-23-35(44(45,46)47)36(48)24-39(37)51-43-31(7)41(28(4)22-38(43)50)40-26(2)20-34(21-27(40)3)49(32-14-10-8-11-15-32)33-16-12-9-13-17-33/h8-24H,48H2,1-7H3. The fourth-order valence-electron chi connectivity index (χ4n) is 7.78. The molecule has 0 radical (unpaired) electrons. The second-order valence-corrected chi connectivity index (χ2v) is 13.6. The van der Waals surface area contributed by atoms with E-state index in [1.165, 1.54) is 6.07 Å². The zero-order valence-electron chi connectivity index (χ0n) is 29.8. The van der Waals surface area contributed by atoms with Crippen molar-refractivity contribution < 1.29 is 17.9 Å². The van der Waals surface area contributed by atoms with E-state index in [-0.39, 0.29) is 11.4 Å². The van der Waals surface area contributed by atoms with Crippen molar-refractivity contribution >= 4 is 39.8 Å². The van der Waals surface area contributed by atoms with Crippen LogP contribution in [-0.2, 0) is 6.18 Å². The third-order valence-electron chi connectivity index (χ3n) is 9.74. The number of rotatable bonds is 5. The molecule has 0 bridgehead atoms. The molecule has 51 heavy (non-hydrogen) atoms. The number of nitrogens with two attached hydrogens (primary N) is 1. The molecule has 258 valence electrons. The Balaban J connectivity index is 1.43. The van der Waals surface area contributed by atoms with Crippen LogP contribution in [0.25, 0.3) is 11.1 Å². The molecule has 0 fully saturated rings. The SMILES string of the molecule is Cc1cc(C)c(N2c3cc(C(F)(F)F)c(N)cc3Oc3c2cc(C)c(-c2c(C)cc(N(c4ccccc4)c4ccccc4)cc2C)c3C)c(C)c1. The van der Waals surface area contributed by atoms with Gasteiger partial charge in [0.1, 0.15) is 0 Å². The molecule has 0 saturated heterocycles. The first kappa shape index (κ1) is 33.8. The molecule has 6 aromatic carbocycles. The lowest BCUT2D eigenvalue weighted by molar-refractivity contribution is -0.136. The van der Waals surface area contributed by atoms with Crippen LogP contribution in [0, 0.1) is 48.5 Å². The molecular formula is C44H40F3N3O. The van der Waals surface area contributed by atoms with Crippen LogP contribution in [0.2, 0.25) is 0 Å². The maximum atomic E-state index is 14.2. The summed E-state index contributed by atoms with van der Waals surface area (Å²) in [5.41, 5.74) is 18.8. The molecule has 1 aliphatic rings. The molecule has 2 N–H and O–H groups in total. The molecule has 1 aliphatic heterocycles. The van der Waals surface area contributed by atoms with E-state index in [1.807, 2.05) is 75.1 Å². The third kappa shape index (κ3) is 5.86. The number of anilines is 7. The van der Waals surface area contributed by atoms with E-state index in [2.05, 4.69) is 74.2 Å². The minimum atomic E-state index is -4.63. The van der Waals surface area contributed by atoms with Crippen molar-refractivity contribution in [1.82, 2.24) is 0 Å². The lowest BCUT2D eigenvalue weighted by atomic mass is 9.87. The maximum absolute atomic E-state index is 14.2. The van der Waals surface area contributed by atoms with Crippen LogP contribution in [0.15, 0.2) is 103 Å². The molecule has 0 unspecified atom stereocenters. The van der Waals surface area contributed by atoms with Gasteiger partial charge in [0.25, 0.3) is 0 Å². The third-order valence-corrected chi connectivity index (χ3v) is 9.74. The number of fused-ring (bicyclic) bond motifs is 2. The second-order valence-electron chi connectivity index (χ2n) is 13.6. The first-order valence-electron chi connectivity index (χ1n) is 17.0. The molecule has 1 heterocycles. The van der Waals surface area contributed by atoms with Gasteiger partial charge >= 0.3 is 6.18 Å². The van der Waals surface area contributed by atoms with E-state index < -0.39 is 11.7 Å². The molecule has 0 aromatic heterocycles. The summed E-state index contributed by atoms with van der Waals surface area (Å²) in [4.78, 5) is 4.16. The van der Waals surface area contributed by atoms with E-state index in [0.29, 0.717) is 17.1 Å². The summed E-state index contributed by atoms with van der Waals surface area (Å²) in [6.45, 7) is 14.3. The second kappa shape index (κ2) is 12.6. The summed E-state index contributed by atoms with van der Waals surface area (Å²) in [5.74, 6) is 0.857. The topological polar surface area (TPSA) is 41.7 Å². The Morgan fingerprint density at radius 2 is 1.12 bits per heavy atom. The van der Waals surface area contributed by atoms with Gasteiger partial charge in [0.15, 0.2) is 11.5 Å². The minimum absolute atomic E-state index is 0.274. The van der Waals surface area contributed by atoms with Crippen molar-refractivity contribution in [3.05, 3.63) is 148 Å². The number of nitrogen functional groups attached to an aromatic ring is 1. The van der Waals surface area contributed by atoms with E-state index >= 15 is 0 Å². The number of hydrogen-bond acceptors (Lipinski definition) is 4. The van der Waals surface area contributed by atoms with Crippen LogP contribution in [-0.4, -0.2) is 0 Å². The summed E-state index contributed by atoms with van der Waals surface area (Å²) in [6, 6.07) is 33.6. The predicted molar refractivity (Wildman–Crippen MR) is 204 cm³/mol. The number of nitrogens with zero attached hydrogens (tertiary/aromatic N) is 2. The van der Waals surface area contributed by atoms with E-state index in [0.717, 1.165) is 78.9 Å². The van der Waals surface area contributed by atoms with Crippen LogP contribution in [0.1, 0.15) is 44.5 Å². The molecule has 6 aromatic rings. The maximum Gasteiger partial charge on any atom is 0.418 e. The summed E-state index contributed by atoms with van der Waals surface area (Å²) < 4.78 is 49.3. The number of ether oxygens (including phenoxy) is 1. The van der Waals surface area contributed by atoms with Gasteiger partial charge in [-0.2, -0.15) is 13.2 Å². The molecule has 0 amide bonds. The highest BCUT2D eigenvalue weighted by Gasteiger charge is 2.38.